The number of carbonyl (C=O) groups excluding carboxylic acids is 1. The molecule has 1 aromatic carbocycles. The molecule has 0 spiro atoms. The predicted molar refractivity (Wildman–Crippen MR) is 160 cm³/mol. The van der Waals surface area contributed by atoms with Crippen LogP contribution in [0.15, 0.2) is 30.5 Å². The lowest BCUT2D eigenvalue weighted by Crippen LogP contribution is -2.30. The van der Waals surface area contributed by atoms with Crippen molar-refractivity contribution in [3.8, 4) is 11.3 Å². The average Bonchev–Trinajstić information content (AvgIpc) is 2.88. The minimum Gasteiger partial charge on any atom is -0.460 e. The fourth-order valence-corrected chi connectivity index (χ4v) is 6.70. The van der Waals surface area contributed by atoms with Gasteiger partial charge in [0.15, 0.2) is 9.84 Å². The first kappa shape index (κ1) is 32.6. The topological polar surface area (TPSA) is 111 Å². The molecule has 8 nitrogen and oxygen atoms in total. The van der Waals surface area contributed by atoms with Crippen LogP contribution in [0.4, 0.5) is 19.1 Å². The smallest absolute Gasteiger partial charge is 0.306 e. The van der Waals surface area contributed by atoms with Gasteiger partial charge in [-0.1, -0.05) is 12.1 Å². The lowest BCUT2D eigenvalue weighted by atomic mass is 9.84. The molecule has 0 radical (unpaired) electrons. The first-order valence-corrected chi connectivity index (χ1v) is 16.3. The fourth-order valence-electron chi connectivity index (χ4n) is 5.18. The standard InChI is InChI=1S/C31H39F3N4O4S/c1-19-14-25(21-8-9-22(24(32)16-21)18-43(40,41)13-12-31(5,33)34)37-26-17-35-29(38-28(19)26)36-23-10-6-20(7-11-23)15-27(39)42-30(2,3)4/h8-9,14,16-17,20,23H,6-7,10-13,15,18H2,1-5H3,(H,35,36,38). The Hall–Kier alpha value is -3.28. The number of esters is 1. The fraction of sp³-hybridized carbons (Fsp3) is 0.548. The minimum absolute atomic E-state index is 0.0846. The van der Waals surface area contributed by atoms with Gasteiger partial charge in [-0.2, -0.15) is 0 Å². The van der Waals surface area contributed by atoms with Crippen molar-refractivity contribution in [3.63, 3.8) is 0 Å². The Morgan fingerprint density at radius 2 is 1.77 bits per heavy atom. The van der Waals surface area contributed by atoms with Crippen LogP contribution in [0.5, 0.6) is 0 Å². The molecular weight excluding hydrogens is 581 g/mol. The van der Waals surface area contributed by atoms with E-state index in [1.54, 1.807) is 18.3 Å². The van der Waals surface area contributed by atoms with E-state index in [-0.39, 0.29) is 17.6 Å². The van der Waals surface area contributed by atoms with E-state index in [1.165, 1.54) is 12.1 Å². The largest absolute Gasteiger partial charge is 0.460 e. The Labute approximate surface area is 250 Å². The number of alkyl halides is 2. The highest BCUT2D eigenvalue weighted by atomic mass is 32.2. The molecule has 1 saturated carbocycles. The molecule has 0 saturated heterocycles. The summed E-state index contributed by atoms with van der Waals surface area (Å²) in [5, 5.41) is 3.40. The molecule has 0 atom stereocenters. The van der Waals surface area contributed by atoms with Crippen LogP contribution in [0.3, 0.4) is 0 Å². The van der Waals surface area contributed by atoms with Crippen LogP contribution in [0.25, 0.3) is 22.3 Å². The van der Waals surface area contributed by atoms with Crippen LogP contribution in [0.2, 0.25) is 0 Å². The maximum Gasteiger partial charge on any atom is 0.306 e. The Morgan fingerprint density at radius 1 is 1.07 bits per heavy atom. The summed E-state index contributed by atoms with van der Waals surface area (Å²) in [6, 6.07) is 6.06. The van der Waals surface area contributed by atoms with E-state index >= 15 is 0 Å². The average molecular weight is 621 g/mol. The third-order valence-corrected chi connectivity index (χ3v) is 8.95. The number of ether oxygens (including phenoxy) is 1. The summed E-state index contributed by atoms with van der Waals surface area (Å²) in [6.45, 7) is 8.13. The first-order valence-electron chi connectivity index (χ1n) is 14.5. The lowest BCUT2D eigenvalue weighted by molar-refractivity contribution is -0.156. The number of carbonyl (C=O) groups is 1. The second-order valence-electron chi connectivity index (χ2n) is 12.6. The van der Waals surface area contributed by atoms with Crippen molar-refractivity contribution in [1.82, 2.24) is 15.0 Å². The Balaban J connectivity index is 1.40. The predicted octanol–water partition coefficient (Wildman–Crippen LogP) is 6.80. The van der Waals surface area contributed by atoms with Crippen molar-refractivity contribution in [2.45, 2.75) is 96.5 Å². The van der Waals surface area contributed by atoms with Crippen LogP contribution in [-0.2, 0) is 25.1 Å². The molecule has 43 heavy (non-hydrogen) atoms. The van der Waals surface area contributed by atoms with Crippen LogP contribution in [0.1, 0.15) is 77.3 Å². The number of benzene rings is 1. The zero-order valence-corrected chi connectivity index (χ0v) is 26.0. The molecule has 4 rings (SSSR count). The molecule has 3 aromatic rings. The molecule has 12 heteroatoms. The third-order valence-electron chi connectivity index (χ3n) is 7.37. The van der Waals surface area contributed by atoms with Gasteiger partial charge in [0.05, 0.1) is 28.9 Å². The highest BCUT2D eigenvalue weighted by molar-refractivity contribution is 7.90. The van der Waals surface area contributed by atoms with Crippen molar-refractivity contribution < 1.29 is 31.1 Å². The molecule has 1 fully saturated rings. The van der Waals surface area contributed by atoms with Gasteiger partial charge in [0.2, 0.25) is 11.9 Å². The summed E-state index contributed by atoms with van der Waals surface area (Å²) in [7, 11) is -3.91. The van der Waals surface area contributed by atoms with E-state index in [9.17, 15) is 26.4 Å². The van der Waals surface area contributed by atoms with Crippen LogP contribution < -0.4 is 5.32 Å². The summed E-state index contributed by atoms with van der Waals surface area (Å²) in [4.78, 5) is 25.9. The highest BCUT2D eigenvalue weighted by Gasteiger charge is 2.27. The summed E-state index contributed by atoms with van der Waals surface area (Å²) in [6.07, 6.45) is 4.81. The Kier molecular flexibility index (Phi) is 9.68. The maximum absolute atomic E-state index is 14.9. The number of hydrogen-bond donors (Lipinski definition) is 1. The molecule has 0 bridgehead atoms. The molecule has 1 aliphatic rings. The van der Waals surface area contributed by atoms with Gasteiger partial charge in [-0.15, -0.1) is 0 Å². The van der Waals surface area contributed by atoms with Crippen molar-refractivity contribution in [2.75, 3.05) is 11.1 Å². The van der Waals surface area contributed by atoms with Crippen molar-refractivity contribution >= 4 is 32.8 Å². The van der Waals surface area contributed by atoms with Crippen molar-refractivity contribution in [1.29, 1.82) is 0 Å². The number of hydrogen-bond acceptors (Lipinski definition) is 8. The number of halogens is 3. The van der Waals surface area contributed by atoms with E-state index in [1.807, 2.05) is 27.7 Å². The number of anilines is 1. The summed E-state index contributed by atoms with van der Waals surface area (Å²) >= 11 is 0. The summed E-state index contributed by atoms with van der Waals surface area (Å²) in [5.74, 6) is -4.62. The van der Waals surface area contributed by atoms with Crippen LogP contribution in [0, 0.1) is 18.7 Å². The van der Waals surface area contributed by atoms with E-state index in [0.717, 1.165) is 31.2 Å². The zero-order chi connectivity index (χ0) is 31.6. The quantitative estimate of drug-likeness (QED) is 0.246. The molecule has 1 N–H and O–H groups in total. The third kappa shape index (κ3) is 9.61. The van der Waals surface area contributed by atoms with Gasteiger partial charge < -0.3 is 10.1 Å². The normalized spacial score (nSPS) is 18.0. The van der Waals surface area contributed by atoms with Gasteiger partial charge >= 0.3 is 5.97 Å². The first-order chi connectivity index (χ1) is 20.0. The van der Waals surface area contributed by atoms with Crippen molar-refractivity contribution in [2.24, 2.45) is 5.92 Å². The van der Waals surface area contributed by atoms with Gasteiger partial charge in [0, 0.05) is 30.0 Å². The molecule has 0 unspecified atom stereocenters. The van der Waals surface area contributed by atoms with Gasteiger partial charge in [0.1, 0.15) is 16.9 Å². The van der Waals surface area contributed by atoms with Crippen LogP contribution in [-0.4, -0.2) is 52.7 Å². The maximum atomic E-state index is 14.9. The molecule has 2 aromatic heterocycles. The van der Waals surface area contributed by atoms with Gasteiger partial charge in [-0.05, 0) is 83.9 Å². The number of nitrogens with zero attached hydrogens (tertiary/aromatic N) is 3. The van der Waals surface area contributed by atoms with Gasteiger partial charge in [-0.25, -0.2) is 36.5 Å². The summed E-state index contributed by atoms with van der Waals surface area (Å²) in [5.41, 5.74) is 2.32. The number of rotatable bonds is 10. The molecular formula is C31H39F3N4O4S. The second kappa shape index (κ2) is 12.8. The zero-order valence-electron chi connectivity index (χ0n) is 25.2. The Bertz CT molecular complexity index is 1580. The molecule has 0 aliphatic heterocycles. The van der Waals surface area contributed by atoms with Gasteiger partial charge in [-0.3, -0.25) is 4.79 Å². The number of pyridine rings is 1. The summed E-state index contributed by atoms with van der Waals surface area (Å²) < 4.78 is 71.0. The SMILES string of the molecule is Cc1cc(-c2ccc(CS(=O)(=O)CCC(C)(F)F)c(F)c2)nc2cnc(NC3CCC(CC(=O)OC(C)(C)C)CC3)nc12. The molecule has 2 heterocycles. The van der Waals surface area contributed by atoms with E-state index in [2.05, 4.69) is 20.3 Å². The number of aromatic nitrogens is 3. The number of fused-ring (bicyclic) bond motifs is 1. The van der Waals surface area contributed by atoms with E-state index in [0.29, 0.717) is 47.5 Å². The number of nitrogens with one attached hydrogen (secondary N) is 1. The number of sulfone groups is 1. The number of aryl methyl sites for hydroxylation is 1. The van der Waals surface area contributed by atoms with Crippen molar-refractivity contribution in [3.05, 3.63) is 47.4 Å². The highest BCUT2D eigenvalue weighted by Crippen LogP contribution is 2.30. The van der Waals surface area contributed by atoms with E-state index in [4.69, 9.17) is 4.74 Å². The molecule has 0 amide bonds. The Morgan fingerprint density at radius 3 is 2.40 bits per heavy atom. The van der Waals surface area contributed by atoms with Crippen LogP contribution >= 0.6 is 0 Å². The monoisotopic (exact) mass is 620 g/mol. The minimum atomic E-state index is -3.91. The molecule has 234 valence electrons. The molecule has 1 aliphatic carbocycles. The lowest BCUT2D eigenvalue weighted by Gasteiger charge is -2.29. The van der Waals surface area contributed by atoms with Gasteiger partial charge in [0.25, 0.3) is 0 Å². The second-order valence-corrected chi connectivity index (χ2v) is 14.8. The van der Waals surface area contributed by atoms with E-state index < -0.39 is 45.1 Å².